The third kappa shape index (κ3) is 6.86. The molecule has 1 aliphatic heterocycles. The Labute approximate surface area is 181 Å². The summed E-state index contributed by atoms with van der Waals surface area (Å²) in [6.07, 6.45) is -6.81. The van der Waals surface area contributed by atoms with Crippen LogP contribution in [0.3, 0.4) is 0 Å². The number of aliphatic hydroxyl groups excluding tert-OH is 4. The van der Waals surface area contributed by atoms with Crippen LogP contribution in [0.1, 0.15) is 11.1 Å². The van der Waals surface area contributed by atoms with E-state index in [0.29, 0.717) is 0 Å². The summed E-state index contributed by atoms with van der Waals surface area (Å²) in [6, 6.07) is 15.9. The van der Waals surface area contributed by atoms with Crippen molar-refractivity contribution in [3.05, 3.63) is 65.7 Å². The van der Waals surface area contributed by atoms with E-state index in [1.165, 1.54) is 29.8 Å². The SMILES string of the molecule is Cc1ccc(S(=O)(=O)O[C@H]2[C@@H](O)[C@@H](O)[C@@H]([C@H](O)CO)O[P+]2=O)cc1.Cc1ccccc1. The molecule has 31 heavy (non-hydrogen) atoms. The summed E-state index contributed by atoms with van der Waals surface area (Å²) in [5.41, 5.74) is 2.14. The average molecular weight is 473 g/mol. The molecule has 4 N–H and O–H groups in total. The van der Waals surface area contributed by atoms with E-state index in [0.717, 1.165) is 5.56 Å². The second-order valence-electron chi connectivity index (χ2n) is 7.00. The second-order valence-corrected chi connectivity index (χ2v) is 9.86. The summed E-state index contributed by atoms with van der Waals surface area (Å²) < 4.78 is 46.0. The fourth-order valence-corrected chi connectivity index (χ4v) is 5.27. The number of hydrogen-bond donors (Lipinski definition) is 4. The Balaban J connectivity index is 0.000000412. The number of benzene rings is 2. The molecule has 0 saturated carbocycles. The summed E-state index contributed by atoms with van der Waals surface area (Å²) in [6.45, 7) is 3.04. The molecule has 1 heterocycles. The highest BCUT2D eigenvalue weighted by Crippen LogP contribution is 2.43. The van der Waals surface area contributed by atoms with Crippen molar-refractivity contribution in [1.82, 2.24) is 0 Å². The zero-order chi connectivity index (χ0) is 23.2. The van der Waals surface area contributed by atoms with Crippen LogP contribution in [0.15, 0.2) is 59.5 Å². The minimum absolute atomic E-state index is 0.212. The van der Waals surface area contributed by atoms with E-state index in [2.05, 4.69) is 19.1 Å². The van der Waals surface area contributed by atoms with Gasteiger partial charge in [-0.1, -0.05) is 53.6 Å². The Hall–Kier alpha value is -1.75. The summed E-state index contributed by atoms with van der Waals surface area (Å²) in [5.74, 6) is -1.84. The van der Waals surface area contributed by atoms with Crippen LogP contribution >= 0.6 is 8.03 Å². The van der Waals surface area contributed by atoms with Crippen molar-refractivity contribution in [2.24, 2.45) is 0 Å². The fourth-order valence-electron chi connectivity index (χ4n) is 2.65. The van der Waals surface area contributed by atoms with Crippen molar-refractivity contribution in [3.8, 4) is 0 Å². The Morgan fingerprint density at radius 3 is 2.03 bits per heavy atom. The third-order valence-electron chi connectivity index (χ3n) is 4.45. The molecule has 2 aromatic rings. The lowest BCUT2D eigenvalue weighted by Crippen LogP contribution is -2.54. The Bertz CT molecular complexity index is 950. The molecule has 0 amide bonds. The van der Waals surface area contributed by atoms with E-state index in [1.54, 1.807) is 6.92 Å². The van der Waals surface area contributed by atoms with Crippen LogP contribution in [-0.4, -0.2) is 65.7 Å². The van der Waals surface area contributed by atoms with Gasteiger partial charge in [0.1, 0.15) is 12.2 Å². The number of hydrogen-bond acceptors (Lipinski definition) is 9. The van der Waals surface area contributed by atoms with Crippen molar-refractivity contribution >= 4 is 18.1 Å². The zero-order valence-electron chi connectivity index (χ0n) is 17.0. The highest BCUT2D eigenvalue weighted by atomic mass is 32.2. The first kappa shape index (κ1) is 25.5. The molecule has 0 bridgehead atoms. The van der Waals surface area contributed by atoms with Crippen LogP contribution < -0.4 is 0 Å². The van der Waals surface area contributed by atoms with E-state index in [9.17, 15) is 28.3 Å². The molecule has 0 spiro atoms. The summed E-state index contributed by atoms with van der Waals surface area (Å²) in [4.78, 5) is -0.212. The maximum absolute atomic E-state index is 12.2. The average Bonchev–Trinajstić information content (AvgIpc) is 2.74. The van der Waals surface area contributed by atoms with Crippen molar-refractivity contribution in [2.75, 3.05) is 6.61 Å². The van der Waals surface area contributed by atoms with Gasteiger partial charge < -0.3 is 20.4 Å². The minimum Gasteiger partial charge on any atom is -0.394 e. The highest BCUT2D eigenvalue weighted by molar-refractivity contribution is 7.87. The van der Waals surface area contributed by atoms with E-state index < -0.39 is 55.0 Å². The van der Waals surface area contributed by atoms with Crippen molar-refractivity contribution < 1.29 is 42.1 Å². The molecule has 0 aliphatic carbocycles. The molecule has 6 atom stereocenters. The molecule has 9 nitrogen and oxygen atoms in total. The van der Waals surface area contributed by atoms with Gasteiger partial charge in [-0.3, -0.25) is 0 Å². The molecular formula is C20H26O9PS+. The Kier molecular flexibility index (Phi) is 9.23. The number of aryl methyl sites for hydroxylation is 2. The molecule has 1 saturated heterocycles. The van der Waals surface area contributed by atoms with Gasteiger partial charge in [0, 0.05) is 0 Å². The first-order valence-electron chi connectivity index (χ1n) is 9.36. The van der Waals surface area contributed by atoms with E-state index in [4.69, 9.17) is 13.8 Å². The lowest BCUT2D eigenvalue weighted by atomic mass is 10.0. The summed E-state index contributed by atoms with van der Waals surface area (Å²) in [7, 11) is -7.25. The van der Waals surface area contributed by atoms with Gasteiger partial charge in [-0.05, 0) is 30.5 Å². The molecule has 1 unspecified atom stereocenters. The first-order chi connectivity index (χ1) is 14.6. The highest BCUT2D eigenvalue weighted by Gasteiger charge is 2.57. The fraction of sp³-hybridized carbons (Fsp3) is 0.400. The second kappa shape index (κ2) is 11.2. The van der Waals surface area contributed by atoms with Gasteiger partial charge in [-0.25, -0.2) is 4.18 Å². The quantitative estimate of drug-likeness (QED) is 0.371. The molecule has 1 fully saturated rings. The predicted octanol–water partition coefficient (Wildman–Crippen LogP) is 1.24. The lowest BCUT2D eigenvalue weighted by molar-refractivity contribution is -0.132. The van der Waals surface area contributed by atoms with Crippen LogP contribution in [0.4, 0.5) is 0 Å². The molecule has 2 aromatic carbocycles. The molecule has 0 aromatic heterocycles. The van der Waals surface area contributed by atoms with Crippen LogP contribution in [0.25, 0.3) is 0 Å². The van der Waals surface area contributed by atoms with Gasteiger partial charge in [-0.2, -0.15) is 8.42 Å². The molecular weight excluding hydrogens is 447 g/mol. The van der Waals surface area contributed by atoms with Crippen LogP contribution in [0, 0.1) is 13.8 Å². The predicted molar refractivity (Wildman–Crippen MR) is 112 cm³/mol. The van der Waals surface area contributed by atoms with Gasteiger partial charge in [0.15, 0.2) is 12.2 Å². The van der Waals surface area contributed by atoms with E-state index in [-0.39, 0.29) is 4.90 Å². The third-order valence-corrected chi connectivity index (χ3v) is 7.18. The lowest BCUT2D eigenvalue weighted by Gasteiger charge is -2.30. The van der Waals surface area contributed by atoms with Gasteiger partial charge in [0.05, 0.1) is 11.5 Å². The molecule has 3 rings (SSSR count). The standard InChI is InChI=1S/C13H18O9PS.C7H8/c1-7-2-4-8(5-3-7)24(19,20)22-13-11(17)10(16)12(9(15)6-14)21-23(13)18;1-7-5-3-2-4-6-7/h2-5,9-17H,6H2,1H3;2-6H,1H3/q+1;/t9-,10-,11+,12-,13-;/m1./s1. The molecule has 0 radical (unpaired) electrons. The first-order valence-corrected chi connectivity index (χ1v) is 12.0. The summed E-state index contributed by atoms with van der Waals surface area (Å²) >= 11 is 0. The maximum atomic E-state index is 12.2. The maximum Gasteiger partial charge on any atom is 0.545 e. The Morgan fingerprint density at radius 2 is 1.55 bits per heavy atom. The zero-order valence-corrected chi connectivity index (χ0v) is 18.7. The monoisotopic (exact) mass is 473 g/mol. The Morgan fingerprint density at radius 1 is 1.00 bits per heavy atom. The van der Waals surface area contributed by atoms with E-state index >= 15 is 0 Å². The van der Waals surface area contributed by atoms with E-state index in [1.807, 2.05) is 18.2 Å². The topological polar surface area (TPSA) is 151 Å². The largest absolute Gasteiger partial charge is 0.545 e. The van der Waals surface area contributed by atoms with Crippen molar-refractivity contribution in [3.63, 3.8) is 0 Å². The van der Waals surface area contributed by atoms with Crippen LogP contribution in [0.2, 0.25) is 0 Å². The minimum atomic E-state index is -4.36. The molecule has 170 valence electrons. The molecule has 1 aliphatic rings. The normalized spacial score (nSPS) is 25.9. The number of rotatable bonds is 5. The number of aliphatic hydroxyl groups is 4. The van der Waals surface area contributed by atoms with Crippen LogP contribution in [0.5, 0.6) is 0 Å². The summed E-state index contributed by atoms with van der Waals surface area (Å²) in [5, 5.41) is 38.2. The van der Waals surface area contributed by atoms with Gasteiger partial charge in [-0.15, -0.1) is 4.52 Å². The van der Waals surface area contributed by atoms with Crippen molar-refractivity contribution in [2.45, 2.75) is 49.0 Å². The molecule has 11 heteroatoms. The van der Waals surface area contributed by atoms with Gasteiger partial charge >= 0.3 is 24.0 Å². The van der Waals surface area contributed by atoms with Gasteiger partial charge in [0.25, 0.3) is 0 Å². The van der Waals surface area contributed by atoms with Gasteiger partial charge in [0.2, 0.25) is 0 Å². The van der Waals surface area contributed by atoms with Crippen LogP contribution in [-0.2, 0) is 23.4 Å². The smallest absolute Gasteiger partial charge is 0.394 e. The van der Waals surface area contributed by atoms with Crippen molar-refractivity contribution in [1.29, 1.82) is 0 Å².